The fraction of sp³-hybridized carbons (Fsp3) is 0.500. The van der Waals surface area contributed by atoms with Gasteiger partial charge in [0.05, 0.1) is 5.08 Å². The third kappa shape index (κ3) is 0.815. The molecule has 34 valence electrons. The molecule has 0 unspecified atom stereocenters. The fourth-order valence-corrected chi connectivity index (χ4v) is 1.60. The van der Waals surface area contributed by atoms with Crippen LogP contribution in [0.25, 0.3) is 0 Å². The van der Waals surface area contributed by atoms with Gasteiger partial charge < -0.3 is 5.73 Å². The van der Waals surface area contributed by atoms with Crippen molar-refractivity contribution in [3.8, 4) is 0 Å². The normalized spacial score (nSPS) is 21.0. The highest BCUT2D eigenvalue weighted by Crippen LogP contribution is 2.20. The summed E-state index contributed by atoms with van der Waals surface area (Å²) in [5, 5.41) is 1.70. The molecule has 0 aromatic heterocycles. The Labute approximate surface area is 44.7 Å². The van der Waals surface area contributed by atoms with Crippen molar-refractivity contribution in [2.45, 2.75) is 0 Å². The number of amidine groups is 1. The molecule has 2 nitrogen and oxygen atoms in total. The van der Waals surface area contributed by atoms with E-state index in [0.29, 0.717) is 5.17 Å². The molecule has 1 aliphatic heterocycles. The predicted molar refractivity (Wildman–Crippen MR) is 31.7 cm³/mol. The van der Waals surface area contributed by atoms with Gasteiger partial charge in [0.1, 0.15) is 0 Å². The zero-order valence-electron chi connectivity index (χ0n) is 3.05. The van der Waals surface area contributed by atoms with Crippen molar-refractivity contribution in [3.63, 3.8) is 0 Å². The van der Waals surface area contributed by atoms with Gasteiger partial charge in [-0.05, 0) is 11.9 Å². The molecule has 0 radical (unpaired) electrons. The maximum absolute atomic E-state index is 5.23. The number of nitrogens with two attached hydrogens (primary N) is 1. The lowest BCUT2D eigenvalue weighted by atomic mass is 11.4. The number of nitrogens with zero attached hydrogens (tertiary/aromatic N) is 1. The highest BCUT2D eigenvalue weighted by Gasteiger charge is 1.99. The Kier molecular flexibility index (Phi) is 1.26. The molecule has 0 saturated heterocycles. The van der Waals surface area contributed by atoms with Crippen molar-refractivity contribution in [3.05, 3.63) is 0 Å². The third-order valence-corrected chi connectivity index (χ3v) is 2.14. The Balaban J connectivity index is 2.45. The largest absolute Gasteiger partial charge is 0.378 e. The van der Waals surface area contributed by atoms with Crippen LogP contribution in [0.5, 0.6) is 0 Å². The molecule has 6 heavy (non-hydrogen) atoms. The summed E-state index contributed by atoms with van der Waals surface area (Å²) >= 11 is 3.10. The highest BCUT2D eigenvalue weighted by molar-refractivity contribution is 8.26. The molecular weight excluding hydrogens is 116 g/mol. The van der Waals surface area contributed by atoms with Crippen LogP contribution in [0.4, 0.5) is 0 Å². The van der Waals surface area contributed by atoms with E-state index in [4.69, 9.17) is 5.73 Å². The quantitative estimate of drug-likeness (QED) is 0.477. The Morgan fingerprint density at radius 3 is 2.83 bits per heavy atom. The van der Waals surface area contributed by atoms with Crippen molar-refractivity contribution in [1.29, 1.82) is 0 Å². The van der Waals surface area contributed by atoms with E-state index in [0.717, 1.165) is 5.08 Å². The maximum Gasteiger partial charge on any atom is 0.167 e. The summed E-state index contributed by atoms with van der Waals surface area (Å²) in [5.41, 5.74) is 5.23. The first-order valence-electron chi connectivity index (χ1n) is 1.48. The molecule has 1 heterocycles. The second-order valence-electron chi connectivity index (χ2n) is 0.821. The van der Waals surface area contributed by atoms with Crippen LogP contribution in [0, 0.1) is 0 Å². The number of hydrogen-bond acceptors (Lipinski definition) is 4. The maximum atomic E-state index is 5.23. The van der Waals surface area contributed by atoms with Gasteiger partial charge in [0.15, 0.2) is 5.17 Å². The van der Waals surface area contributed by atoms with E-state index in [-0.39, 0.29) is 0 Å². The number of rotatable bonds is 0. The van der Waals surface area contributed by atoms with Gasteiger partial charge >= 0.3 is 0 Å². The number of thioether (sulfide) groups is 1. The Morgan fingerprint density at radius 1 is 1.83 bits per heavy atom. The Hall–Kier alpha value is 0.170. The lowest BCUT2D eigenvalue weighted by Crippen LogP contribution is -2.00. The summed E-state index contributed by atoms with van der Waals surface area (Å²) in [7, 11) is 0. The van der Waals surface area contributed by atoms with Crippen molar-refractivity contribution in [2.75, 3.05) is 5.08 Å². The molecule has 0 atom stereocenters. The molecule has 0 saturated carbocycles. The fourth-order valence-electron chi connectivity index (χ4n) is 0.203. The van der Waals surface area contributed by atoms with Gasteiger partial charge in [-0.3, -0.25) is 0 Å². The van der Waals surface area contributed by atoms with E-state index < -0.39 is 0 Å². The second-order valence-corrected chi connectivity index (χ2v) is 2.91. The zero-order chi connectivity index (χ0) is 4.41. The van der Waals surface area contributed by atoms with Gasteiger partial charge in [-0.1, -0.05) is 11.8 Å². The van der Waals surface area contributed by atoms with Crippen LogP contribution >= 0.6 is 23.7 Å². The minimum Gasteiger partial charge on any atom is -0.378 e. The molecule has 0 spiro atoms. The standard InChI is InChI=1S/C2H4N2S2/c3-2-4-6-1-5-2/h1H2,(H2,3,4). The van der Waals surface area contributed by atoms with E-state index in [2.05, 4.69) is 4.40 Å². The van der Waals surface area contributed by atoms with Gasteiger partial charge in [-0.15, -0.1) is 0 Å². The molecule has 4 heteroatoms. The topological polar surface area (TPSA) is 38.4 Å². The highest BCUT2D eigenvalue weighted by atomic mass is 32.2. The Bertz CT molecular complexity index is 79.6. The lowest BCUT2D eigenvalue weighted by Gasteiger charge is -1.76. The summed E-state index contributed by atoms with van der Waals surface area (Å²) in [5.74, 6) is 0. The first-order chi connectivity index (χ1) is 2.89. The van der Waals surface area contributed by atoms with Crippen molar-refractivity contribution >= 4 is 28.9 Å². The van der Waals surface area contributed by atoms with Crippen LogP contribution < -0.4 is 5.73 Å². The van der Waals surface area contributed by atoms with Crippen LogP contribution in [-0.4, -0.2) is 10.3 Å². The van der Waals surface area contributed by atoms with Crippen LogP contribution in [0.3, 0.4) is 0 Å². The molecule has 1 rings (SSSR count). The minimum absolute atomic E-state index is 0.708. The zero-order valence-corrected chi connectivity index (χ0v) is 4.68. The first-order valence-corrected chi connectivity index (χ1v) is 3.40. The van der Waals surface area contributed by atoms with E-state index in [1.807, 2.05) is 0 Å². The molecule has 0 aromatic carbocycles. The predicted octanol–water partition coefficient (Wildman–Crippen LogP) is 0.654. The molecule has 0 aromatic rings. The number of hydrogen-bond donors (Lipinski definition) is 1. The monoisotopic (exact) mass is 120 g/mol. The molecule has 0 fully saturated rings. The summed E-state index contributed by atoms with van der Waals surface area (Å²) < 4.78 is 3.81. The minimum atomic E-state index is 0.708. The molecule has 2 N–H and O–H groups in total. The van der Waals surface area contributed by atoms with E-state index >= 15 is 0 Å². The summed E-state index contributed by atoms with van der Waals surface area (Å²) in [6, 6.07) is 0. The van der Waals surface area contributed by atoms with Crippen molar-refractivity contribution in [2.24, 2.45) is 10.1 Å². The van der Waals surface area contributed by atoms with E-state index in [1.165, 1.54) is 11.9 Å². The average molecular weight is 120 g/mol. The summed E-state index contributed by atoms with van der Waals surface area (Å²) in [4.78, 5) is 0. The van der Waals surface area contributed by atoms with Crippen LogP contribution in [0.2, 0.25) is 0 Å². The lowest BCUT2D eigenvalue weighted by molar-refractivity contribution is 1.77. The third-order valence-electron chi connectivity index (χ3n) is 0.414. The molecule has 1 aliphatic rings. The second kappa shape index (κ2) is 1.75. The molecule has 0 aliphatic carbocycles. The van der Waals surface area contributed by atoms with Gasteiger partial charge in [0.2, 0.25) is 0 Å². The van der Waals surface area contributed by atoms with Gasteiger partial charge in [-0.2, -0.15) is 4.40 Å². The summed E-state index contributed by atoms with van der Waals surface area (Å²) in [6.07, 6.45) is 0. The smallest absolute Gasteiger partial charge is 0.167 e. The molecule has 0 bridgehead atoms. The van der Waals surface area contributed by atoms with Crippen LogP contribution in [0.1, 0.15) is 0 Å². The van der Waals surface area contributed by atoms with Crippen molar-refractivity contribution < 1.29 is 0 Å². The summed E-state index contributed by atoms with van der Waals surface area (Å²) in [6.45, 7) is 0. The van der Waals surface area contributed by atoms with Crippen molar-refractivity contribution in [1.82, 2.24) is 0 Å². The van der Waals surface area contributed by atoms with Crippen LogP contribution in [-0.2, 0) is 0 Å². The van der Waals surface area contributed by atoms with Gasteiger partial charge in [-0.25, -0.2) is 0 Å². The van der Waals surface area contributed by atoms with Crippen LogP contribution in [0.15, 0.2) is 4.40 Å². The molecular formula is C2H4N2S2. The first kappa shape index (κ1) is 4.33. The van der Waals surface area contributed by atoms with E-state index in [9.17, 15) is 0 Å². The molecule has 0 amide bonds. The Morgan fingerprint density at radius 2 is 2.67 bits per heavy atom. The average Bonchev–Trinajstić information content (AvgIpc) is 1.86. The SMILES string of the molecule is NC1=NSCS1. The van der Waals surface area contributed by atoms with Gasteiger partial charge in [0.25, 0.3) is 0 Å². The van der Waals surface area contributed by atoms with E-state index in [1.54, 1.807) is 11.8 Å². The van der Waals surface area contributed by atoms with Gasteiger partial charge in [0, 0.05) is 0 Å².